The van der Waals surface area contributed by atoms with Crippen LogP contribution in [0.3, 0.4) is 0 Å². The molecule has 0 unspecified atom stereocenters. The van der Waals surface area contributed by atoms with Crippen LogP contribution in [0, 0.1) is 0 Å². The lowest BCUT2D eigenvalue weighted by molar-refractivity contribution is -0.136. The van der Waals surface area contributed by atoms with E-state index >= 15 is 0 Å². The van der Waals surface area contributed by atoms with E-state index in [1.165, 1.54) is 4.31 Å². The molecule has 7 heteroatoms. The minimum absolute atomic E-state index is 0.0549. The molecule has 2 fully saturated rings. The number of nitrogens with one attached hydrogen (secondary N) is 1. The third-order valence-electron chi connectivity index (χ3n) is 4.63. The van der Waals surface area contributed by atoms with Crippen LogP contribution >= 0.6 is 0 Å². The predicted octanol–water partition coefficient (Wildman–Crippen LogP) is 1.11. The number of piperazine rings is 1. The highest BCUT2D eigenvalue weighted by Gasteiger charge is 2.35. The second kappa shape index (κ2) is 6.98. The van der Waals surface area contributed by atoms with Gasteiger partial charge >= 0.3 is 0 Å². The van der Waals surface area contributed by atoms with Crippen molar-refractivity contribution in [3.8, 4) is 0 Å². The smallest absolute Gasteiger partial charge is 0.280 e. The Morgan fingerprint density at radius 2 is 1.78 bits per heavy atom. The Bertz CT molecular complexity index is 642. The number of hydrogen-bond donors (Lipinski definition) is 1. The Hall–Kier alpha value is -1.44. The van der Waals surface area contributed by atoms with E-state index in [0.717, 1.165) is 31.2 Å². The van der Waals surface area contributed by atoms with E-state index in [1.54, 1.807) is 0 Å². The molecular weight excluding hydrogens is 314 g/mol. The van der Waals surface area contributed by atoms with Crippen molar-refractivity contribution in [3.05, 3.63) is 35.9 Å². The van der Waals surface area contributed by atoms with Crippen molar-refractivity contribution in [2.24, 2.45) is 0 Å². The van der Waals surface area contributed by atoms with E-state index < -0.39 is 10.2 Å². The number of carbonyl (C=O) groups is 1. The molecule has 1 saturated carbocycles. The topological polar surface area (TPSA) is 69.7 Å². The zero-order chi connectivity index (χ0) is 16.3. The zero-order valence-corrected chi connectivity index (χ0v) is 14.0. The number of nitrogens with zero attached hydrogens (tertiary/aromatic N) is 2. The summed E-state index contributed by atoms with van der Waals surface area (Å²) in [5.41, 5.74) is 0.895. The molecule has 6 nitrogen and oxygen atoms in total. The van der Waals surface area contributed by atoms with Crippen LogP contribution in [0.4, 0.5) is 0 Å². The van der Waals surface area contributed by atoms with E-state index in [1.807, 2.05) is 35.2 Å². The summed E-state index contributed by atoms with van der Waals surface area (Å²) in [6.45, 7) is 1.04. The monoisotopic (exact) mass is 337 g/mol. The molecule has 1 aliphatic carbocycles. The van der Waals surface area contributed by atoms with Gasteiger partial charge in [-0.15, -0.1) is 0 Å². The third kappa shape index (κ3) is 3.91. The highest BCUT2D eigenvalue weighted by atomic mass is 32.2. The summed E-state index contributed by atoms with van der Waals surface area (Å²) in [5.74, 6) is -0.0757. The average molecular weight is 337 g/mol. The lowest BCUT2D eigenvalue weighted by Crippen LogP contribution is -2.56. The molecule has 0 bridgehead atoms. The molecule has 1 aromatic rings. The van der Waals surface area contributed by atoms with Gasteiger partial charge in [0.2, 0.25) is 5.91 Å². The van der Waals surface area contributed by atoms with Crippen LogP contribution in [0.1, 0.15) is 31.2 Å². The zero-order valence-electron chi connectivity index (χ0n) is 13.1. The highest BCUT2D eigenvalue weighted by molar-refractivity contribution is 7.87. The van der Waals surface area contributed by atoms with Crippen LogP contribution in [0.5, 0.6) is 0 Å². The fourth-order valence-corrected chi connectivity index (χ4v) is 4.47. The van der Waals surface area contributed by atoms with Crippen molar-refractivity contribution in [1.82, 2.24) is 13.9 Å². The SMILES string of the molecule is O=C1CN(S(=O)(=O)NCc2ccccc2)CCN1C1CCCC1. The minimum Gasteiger partial charge on any atom is -0.337 e. The molecule has 23 heavy (non-hydrogen) atoms. The van der Waals surface area contributed by atoms with E-state index in [0.29, 0.717) is 19.1 Å². The fourth-order valence-electron chi connectivity index (χ4n) is 3.33. The maximum absolute atomic E-state index is 12.4. The van der Waals surface area contributed by atoms with Gasteiger partial charge in [-0.1, -0.05) is 43.2 Å². The molecule has 1 amide bonds. The summed E-state index contributed by atoms with van der Waals surface area (Å²) < 4.78 is 28.6. The van der Waals surface area contributed by atoms with Crippen molar-refractivity contribution in [2.75, 3.05) is 19.6 Å². The summed E-state index contributed by atoms with van der Waals surface area (Å²) in [5, 5.41) is 0. The van der Waals surface area contributed by atoms with Gasteiger partial charge in [-0.25, -0.2) is 0 Å². The highest BCUT2D eigenvalue weighted by Crippen LogP contribution is 2.25. The van der Waals surface area contributed by atoms with Gasteiger partial charge in [-0.2, -0.15) is 17.4 Å². The Labute approximate surface area is 137 Å². The van der Waals surface area contributed by atoms with Crippen molar-refractivity contribution in [3.63, 3.8) is 0 Å². The standard InChI is InChI=1S/C16H23N3O3S/c20-16-13-18(10-11-19(16)15-8-4-5-9-15)23(21,22)17-12-14-6-2-1-3-7-14/h1-3,6-7,15,17H,4-5,8-13H2. The van der Waals surface area contributed by atoms with E-state index in [4.69, 9.17) is 0 Å². The average Bonchev–Trinajstić information content (AvgIpc) is 3.08. The van der Waals surface area contributed by atoms with E-state index in [9.17, 15) is 13.2 Å². The number of amides is 1. The van der Waals surface area contributed by atoms with Crippen LogP contribution in [-0.2, 0) is 21.5 Å². The molecular formula is C16H23N3O3S. The molecule has 1 aromatic carbocycles. The molecule has 3 rings (SSSR count). The minimum atomic E-state index is -3.63. The second-order valence-corrected chi connectivity index (χ2v) is 7.93. The molecule has 0 spiro atoms. The summed E-state index contributed by atoms with van der Waals surface area (Å²) in [6, 6.07) is 9.67. The summed E-state index contributed by atoms with van der Waals surface area (Å²) in [4.78, 5) is 14.2. The van der Waals surface area contributed by atoms with Crippen molar-refractivity contribution in [1.29, 1.82) is 0 Å². The lowest BCUT2D eigenvalue weighted by Gasteiger charge is -2.37. The maximum atomic E-state index is 12.4. The van der Waals surface area contributed by atoms with Gasteiger partial charge in [0.05, 0.1) is 6.54 Å². The first-order valence-electron chi connectivity index (χ1n) is 8.14. The lowest BCUT2D eigenvalue weighted by atomic mass is 10.2. The van der Waals surface area contributed by atoms with Gasteiger partial charge in [0.15, 0.2) is 0 Å². The molecule has 1 saturated heterocycles. The molecule has 0 radical (unpaired) electrons. The van der Waals surface area contributed by atoms with Gasteiger partial charge in [0, 0.05) is 25.7 Å². The van der Waals surface area contributed by atoms with Gasteiger partial charge in [-0.3, -0.25) is 4.79 Å². The Balaban J connectivity index is 1.57. The van der Waals surface area contributed by atoms with Gasteiger partial charge in [0.1, 0.15) is 0 Å². The largest absolute Gasteiger partial charge is 0.337 e. The van der Waals surface area contributed by atoms with Gasteiger partial charge in [0.25, 0.3) is 10.2 Å². The number of benzene rings is 1. The third-order valence-corrected chi connectivity index (χ3v) is 6.13. The quantitative estimate of drug-likeness (QED) is 0.875. The van der Waals surface area contributed by atoms with Crippen LogP contribution in [-0.4, -0.2) is 49.2 Å². The maximum Gasteiger partial charge on any atom is 0.280 e. The van der Waals surface area contributed by atoms with Gasteiger partial charge < -0.3 is 4.90 Å². The van der Waals surface area contributed by atoms with E-state index in [2.05, 4.69) is 4.72 Å². The normalized spacial score (nSPS) is 21.0. The number of carbonyl (C=O) groups excluding carboxylic acids is 1. The number of hydrogen-bond acceptors (Lipinski definition) is 3. The Morgan fingerprint density at radius 1 is 1.09 bits per heavy atom. The molecule has 1 N–H and O–H groups in total. The molecule has 2 aliphatic rings. The Kier molecular flexibility index (Phi) is 4.99. The first-order chi connectivity index (χ1) is 11.1. The fraction of sp³-hybridized carbons (Fsp3) is 0.562. The first-order valence-corrected chi connectivity index (χ1v) is 9.58. The van der Waals surface area contributed by atoms with E-state index in [-0.39, 0.29) is 19.0 Å². The Morgan fingerprint density at radius 3 is 2.43 bits per heavy atom. The van der Waals surface area contributed by atoms with Crippen molar-refractivity contribution >= 4 is 16.1 Å². The number of rotatable bonds is 5. The van der Waals surface area contributed by atoms with Crippen molar-refractivity contribution < 1.29 is 13.2 Å². The molecule has 126 valence electrons. The van der Waals surface area contributed by atoms with Crippen LogP contribution in [0.2, 0.25) is 0 Å². The summed E-state index contributed by atoms with van der Waals surface area (Å²) in [6.07, 6.45) is 4.42. The predicted molar refractivity (Wildman–Crippen MR) is 87.7 cm³/mol. The first kappa shape index (κ1) is 16.4. The summed E-state index contributed by atoms with van der Waals surface area (Å²) in [7, 11) is -3.63. The van der Waals surface area contributed by atoms with Crippen LogP contribution < -0.4 is 4.72 Å². The molecule has 0 aromatic heterocycles. The second-order valence-electron chi connectivity index (χ2n) is 6.17. The van der Waals surface area contributed by atoms with Crippen molar-refractivity contribution in [2.45, 2.75) is 38.3 Å². The van der Waals surface area contributed by atoms with Crippen LogP contribution in [0.15, 0.2) is 30.3 Å². The van der Waals surface area contributed by atoms with Crippen LogP contribution in [0.25, 0.3) is 0 Å². The molecule has 1 heterocycles. The molecule has 0 atom stereocenters. The summed E-state index contributed by atoms with van der Waals surface area (Å²) >= 11 is 0. The molecule has 1 aliphatic heterocycles. The van der Waals surface area contributed by atoms with Gasteiger partial charge in [-0.05, 0) is 18.4 Å².